The normalized spacial score (nSPS) is 15.2. The van der Waals surface area contributed by atoms with Crippen LogP contribution >= 0.6 is 11.6 Å². The highest BCUT2D eigenvalue weighted by Crippen LogP contribution is 2.33. The Labute approximate surface area is 157 Å². The number of rotatable bonds is 3. The number of carbonyl (C=O) groups is 1. The SMILES string of the molecule is CC(=O)N1CCN(c2ccc(O)c(S(=O)(=O)c3ccc(Cl)cc3)c2)CC1. The molecule has 1 fully saturated rings. The van der Waals surface area contributed by atoms with Crippen LogP contribution in [0, 0.1) is 0 Å². The summed E-state index contributed by atoms with van der Waals surface area (Å²) in [6.07, 6.45) is 0. The minimum Gasteiger partial charge on any atom is -0.507 e. The third-order valence-corrected chi connectivity index (χ3v) is 6.50. The molecule has 1 heterocycles. The van der Waals surface area contributed by atoms with Gasteiger partial charge in [0.1, 0.15) is 10.6 Å². The van der Waals surface area contributed by atoms with Crippen LogP contribution < -0.4 is 4.90 Å². The molecule has 1 aliphatic heterocycles. The molecule has 0 unspecified atom stereocenters. The number of anilines is 1. The van der Waals surface area contributed by atoms with E-state index in [0.29, 0.717) is 36.9 Å². The molecule has 138 valence electrons. The van der Waals surface area contributed by atoms with Crippen LogP contribution in [-0.4, -0.2) is 50.5 Å². The minimum absolute atomic E-state index is 0.0290. The summed E-state index contributed by atoms with van der Waals surface area (Å²) in [4.78, 5) is 15.1. The average Bonchev–Trinajstić information content (AvgIpc) is 2.62. The smallest absolute Gasteiger partial charge is 0.219 e. The standard InChI is InChI=1S/C18H19ClN2O4S/c1-13(22)20-8-10-21(11-9-20)15-4-7-17(23)18(12-15)26(24,25)16-5-2-14(19)3-6-16/h2-7,12,23H,8-11H2,1H3. The molecular formula is C18H19ClN2O4S. The molecular weight excluding hydrogens is 376 g/mol. The predicted octanol–water partition coefficient (Wildman–Crippen LogP) is 2.55. The summed E-state index contributed by atoms with van der Waals surface area (Å²) in [5.41, 5.74) is 0.693. The number of piperazine rings is 1. The number of benzene rings is 2. The lowest BCUT2D eigenvalue weighted by Crippen LogP contribution is -2.48. The van der Waals surface area contributed by atoms with Gasteiger partial charge >= 0.3 is 0 Å². The van der Waals surface area contributed by atoms with E-state index in [1.54, 1.807) is 11.0 Å². The Morgan fingerprint density at radius 1 is 1.04 bits per heavy atom. The Morgan fingerprint density at radius 2 is 1.65 bits per heavy atom. The monoisotopic (exact) mass is 394 g/mol. The maximum absolute atomic E-state index is 12.9. The van der Waals surface area contributed by atoms with Gasteiger partial charge < -0.3 is 14.9 Å². The first-order valence-electron chi connectivity index (χ1n) is 8.13. The van der Waals surface area contributed by atoms with E-state index in [4.69, 9.17) is 11.6 Å². The second-order valence-corrected chi connectivity index (χ2v) is 8.46. The summed E-state index contributed by atoms with van der Waals surface area (Å²) in [6, 6.07) is 10.4. The molecule has 8 heteroatoms. The molecule has 0 radical (unpaired) electrons. The van der Waals surface area contributed by atoms with Crippen molar-refractivity contribution in [2.24, 2.45) is 0 Å². The molecule has 2 aromatic rings. The molecule has 26 heavy (non-hydrogen) atoms. The van der Waals surface area contributed by atoms with Gasteiger partial charge in [0.2, 0.25) is 15.7 Å². The van der Waals surface area contributed by atoms with Crippen LogP contribution in [0.1, 0.15) is 6.92 Å². The Hall–Kier alpha value is -2.25. The number of halogens is 1. The highest BCUT2D eigenvalue weighted by molar-refractivity contribution is 7.91. The second-order valence-electron chi connectivity index (χ2n) is 6.10. The van der Waals surface area contributed by atoms with E-state index in [9.17, 15) is 18.3 Å². The van der Waals surface area contributed by atoms with Gasteiger partial charge in [-0.05, 0) is 42.5 Å². The molecule has 0 spiro atoms. The predicted molar refractivity (Wildman–Crippen MR) is 99.5 cm³/mol. The fourth-order valence-corrected chi connectivity index (χ4v) is 4.43. The zero-order valence-corrected chi connectivity index (χ0v) is 15.8. The van der Waals surface area contributed by atoms with Crippen molar-refractivity contribution < 1.29 is 18.3 Å². The number of aromatic hydroxyl groups is 1. The summed E-state index contributed by atoms with van der Waals surface area (Å²) in [6.45, 7) is 3.90. The molecule has 1 N–H and O–H groups in total. The van der Waals surface area contributed by atoms with E-state index in [0.717, 1.165) is 0 Å². The van der Waals surface area contributed by atoms with Crippen molar-refractivity contribution in [3.63, 3.8) is 0 Å². The van der Waals surface area contributed by atoms with Crippen molar-refractivity contribution in [1.29, 1.82) is 0 Å². The van der Waals surface area contributed by atoms with Gasteiger partial charge in [-0.25, -0.2) is 8.42 Å². The van der Waals surface area contributed by atoms with E-state index < -0.39 is 9.84 Å². The van der Waals surface area contributed by atoms with Gasteiger partial charge in [0.05, 0.1) is 4.90 Å². The van der Waals surface area contributed by atoms with Gasteiger partial charge in [0, 0.05) is 43.8 Å². The number of amides is 1. The Bertz CT molecular complexity index is 921. The van der Waals surface area contributed by atoms with Crippen molar-refractivity contribution >= 4 is 33.0 Å². The lowest BCUT2D eigenvalue weighted by Gasteiger charge is -2.35. The molecule has 6 nitrogen and oxygen atoms in total. The first-order chi connectivity index (χ1) is 12.3. The molecule has 0 bridgehead atoms. The average molecular weight is 395 g/mol. The zero-order valence-electron chi connectivity index (χ0n) is 14.2. The lowest BCUT2D eigenvalue weighted by atomic mass is 10.2. The van der Waals surface area contributed by atoms with Gasteiger partial charge in [0.25, 0.3) is 0 Å². The number of carbonyl (C=O) groups excluding carboxylic acids is 1. The molecule has 1 amide bonds. The van der Waals surface area contributed by atoms with Crippen molar-refractivity contribution in [3.8, 4) is 5.75 Å². The van der Waals surface area contributed by atoms with Gasteiger partial charge in [-0.1, -0.05) is 11.6 Å². The number of phenols is 1. The zero-order chi connectivity index (χ0) is 18.9. The van der Waals surface area contributed by atoms with Crippen LogP contribution in [0.15, 0.2) is 52.3 Å². The second kappa shape index (κ2) is 7.17. The third-order valence-electron chi connectivity index (χ3n) is 4.45. The molecule has 3 rings (SSSR count). The van der Waals surface area contributed by atoms with Gasteiger partial charge in [0.15, 0.2) is 0 Å². The van der Waals surface area contributed by atoms with Crippen molar-refractivity contribution in [1.82, 2.24) is 4.90 Å². The van der Waals surface area contributed by atoms with Gasteiger partial charge in [-0.3, -0.25) is 4.79 Å². The largest absolute Gasteiger partial charge is 0.507 e. The molecule has 0 saturated carbocycles. The Kier molecular flexibility index (Phi) is 5.11. The van der Waals surface area contributed by atoms with E-state index in [-0.39, 0.29) is 21.4 Å². The summed E-state index contributed by atoms with van der Waals surface area (Å²) in [7, 11) is -3.87. The first kappa shape index (κ1) is 18.5. The van der Waals surface area contributed by atoms with E-state index in [1.165, 1.54) is 43.3 Å². The molecule has 1 aliphatic rings. The number of hydrogen-bond donors (Lipinski definition) is 1. The summed E-state index contributed by atoms with van der Waals surface area (Å²) in [5.74, 6) is -0.271. The maximum atomic E-state index is 12.9. The summed E-state index contributed by atoms with van der Waals surface area (Å²) < 4.78 is 25.7. The van der Waals surface area contributed by atoms with Crippen LogP contribution in [0.2, 0.25) is 5.02 Å². The number of phenolic OH excluding ortho intramolecular Hbond substituents is 1. The lowest BCUT2D eigenvalue weighted by molar-refractivity contribution is -0.129. The van der Waals surface area contributed by atoms with Crippen LogP contribution in [0.25, 0.3) is 0 Å². The molecule has 0 aromatic heterocycles. The fraction of sp³-hybridized carbons (Fsp3) is 0.278. The van der Waals surface area contributed by atoms with E-state index >= 15 is 0 Å². The highest BCUT2D eigenvalue weighted by atomic mass is 35.5. The molecule has 0 aliphatic carbocycles. The molecule has 0 atom stereocenters. The van der Waals surface area contributed by atoms with Gasteiger partial charge in [-0.2, -0.15) is 0 Å². The van der Waals surface area contributed by atoms with Gasteiger partial charge in [-0.15, -0.1) is 0 Å². The van der Waals surface area contributed by atoms with Crippen LogP contribution in [0.5, 0.6) is 5.75 Å². The maximum Gasteiger partial charge on any atom is 0.219 e. The summed E-state index contributed by atoms with van der Waals surface area (Å²) >= 11 is 5.82. The van der Waals surface area contributed by atoms with Crippen molar-refractivity contribution in [3.05, 3.63) is 47.5 Å². The minimum atomic E-state index is -3.87. The van der Waals surface area contributed by atoms with Crippen molar-refractivity contribution in [2.45, 2.75) is 16.7 Å². The summed E-state index contributed by atoms with van der Waals surface area (Å²) in [5, 5.41) is 10.6. The topological polar surface area (TPSA) is 77.9 Å². The van der Waals surface area contributed by atoms with Crippen LogP contribution in [0.4, 0.5) is 5.69 Å². The molecule has 1 saturated heterocycles. The molecule has 2 aromatic carbocycles. The fourth-order valence-electron chi connectivity index (χ4n) is 2.94. The Balaban J connectivity index is 1.91. The number of nitrogens with zero attached hydrogens (tertiary/aromatic N) is 2. The van der Waals surface area contributed by atoms with E-state index in [2.05, 4.69) is 0 Å². The van der Waals surface area contributed by atoms with Crippen LogP contribution in [-0.2, 0) is 14.6 Å². The van der Waals surface area contributed by atoms with Crippen LogP contribution in [0.3, 0.4) is 0 Å². The first-order valence-corrected chi connectivity index (χ1v) is 9.99. The number of sulfone groups is 1. The number of hydrogen-bond acceptors (Lipinski definition) is 5. The Morgan fingerprint density at radius 3 is 2.23 bits per heavy atom. The van der Waals surface area contributed by atoms with Crippen molar-refractivity contribution in [2.75, 3.05) is 31.1 Å². The quantitative estimate of drug-likeness (QED) is 0.865. The van der Waals surface area contributed by atoms with E-state index in [1.807, 2.05) is 4.90 Å². The highest BCUT2D eigenvalue weighted by Gasteiger charge is 2.24. The third kappa shape index (κ3) is 3.64.